The number of carbonyl (C=O) groups is 1. The highest BCUT2D eigenvalue weighted by molar-refractivity contribution is 5.91. The lowest BCUT2D eigenvalue weighted by Crippen LogP contribution is -2.16. The number of hydrogen-bond donors (Lipinski definition) is 1. The van der Waals surface area contributed by atoms with Crippen molar-refractivity contribution in [3.63, 3.8) is 0 Å². The molecule has 0 aliphatic carbocycles. The first kappa shape index (κ1) is 25.0. The number of nitrogens with one attached hydrogen (secondary N) is 1. The van der Waals surface area contributed by atoms with Crippen LogP contribution in [0.4, 0.5) is 19.0 Å². The number of amides is 1. The number of alkyl halides is 3. The van der Waals surface area contributed by atoms with Crippen LogP contribution >= 0.6 is 0 Å². The summed E-state index contributed by atoms with van der Waals surface area (Å²) in [7, 11) is 1.65. The summed E-state index contributed by atoms with van der Waals surface area (Å²) in [5, 5.41) is 6.69. The van der Waals surface area contributed by atoms with E-state index in [0.717, 1.165) is 35.0 Å². The van der Waals surface area contributed by atoms with E-state index in [0.29, 0.717) is 31.0 Å². The molecule has 3 heterocycles. The number of ether oxygens (including phenoxy) is 1. The van der Waals surface area contributed by atoms with Crippen molar-refractivity contribution in [2.45, 2.75) is 25.6 Å². The number of anilines is 1. The molecular weight excluding hydrogens is 473 g/mol. The minimum absolute atomic E-state index is 0.00823. The molecule has 0 radical (unpaired) electrons. The lowest BCUT2D eigenvalue weighted by molar-refractivity contribution is -0.137. The quantitative estimate of drug-likeness (QED) is 0.374. The van der Waals surface area contributed by atoms with E-state index in [9.17, 15) is 18.0 Å². The molecular formula is C25H23F3N6O2. The van der Waals surface area contributed by atoms with Crippen molar-refractivity contribution in [2.75, 3.05) is 19.0 Å². The third-order valence-electron chi connectivity index (χ3n) is 5.29. The predicted octanol–water partition coefficient (Wildman–Crippen LogP) is 4.17. The number of pyridine rings is 1. The van der Waals surface area contributed by atoms with Crippen molar-refractivity contribution in [1.29, 1.82) is 0 Å². The van der Waals surface area contributed by atoms with Gasteiger partial charge in [0.15, 0.2) is 0 Å². The first-order valence-corrected chi connectivity index (χ1v) is 11.0. The number of halogens is 3. The number of nitrogens with zero attached hydrogens (tertiary/aromatic N) is 5. The fraction of sp³-hybridized carbons (Fsp3) is 0.240. The average molecular weight is 496 g/mol. The standard InChI is InChI=1S/C25H23F3N6O2/c1-36-9-8-34-16-18(13-32-34)10-22-30-14-20(15-31-22)19-4-2-17(3-5-19)11-24(35)33-23-12-21(6-7-29-23)25(26,27)28/h2-7,12-16H,8-11H2,1H3,(H,29,33,35). The van der Waals surface area contributed by atoms with Crippen molar-refractivity contribution in [2.24, 2.45) is 0 Å². The fourth-order valence-electron chi connectivity index (χ4n) is 3.45. The molecule has 3 aromatic heterocycles. The second-order valence-corrected chi connectivity index (χ2v) is 8.02. The number of hydrogen-bond acceptors (Lipinski definition) is 6. The average Bonchev–Trinajstić information content (AvgIpc) is 3.30. The molecule has 0 aliphatic heterocycles. The summed E-state index contributed by atoms with van der Waals surface area (Å²) in [6.45, 7) is 1.26. The van der Waals surface area contributed by atoms with E-state index >= 15 is 0 Å². The summed E-state index contributed by atoms with van der Waals surface area (Å²) in [5.74, 6) is 0.0559. The van der Waals surface area contributed by atoms with E-state index in [2.05, 4.69) is 25.4 Å². The Morgan fingerprint density at radius 1 is 1.00 bits per heavy atom. The number of rotatable bonds is 9. The maximum atomic E-state index is 12.8. The molecule has 11 heteroatoms. The number of aromatic nitrogens is 5. The Bertz CT molecular complexity index is 1300. The van der Waals surface area contributed by atoms with E-state index in [4.69, 9.17) is 4.74 Å². The third kappa shape index (κ3) is 6.72. The van der Waals surface area contributed by atoms with E-state index < -0.39 is 17.6 Å². The minimum atomic E-state index is -4.51. The van der Waals surface area contributed by atoms with Crippen LogP contribution < -0.4 is 5.32 Å². The number of methoxy groups -OCH3 is 1. The first-order chi connectivity index (χ1) is 17.3. The van der Waals surface area contributed by atoms with Gasteiger partial charge in [0.25, 0.3) is 0 Å². The molecule has 1 N–H and O–H groups in total. The Morgan fingerprint density at radius 3 is 2.44 bits per heavy atom. The highest BCUT2D eigenvalue weighted by Crippen LogP contribution is 2.30. The van der Waals surface area contributed by atoms with Crippen molar-refractivity contribution in [3.8, 4) is 11.1 Å². The van der Waals surface area contributed by atoms with Crippen LogP contribution in [0.1, 0.15) is 22.5 Å². The van der Waals surface area contributed by atoms with Crippen LogP contribution in [0.5, 0.6) is 0 Å². The molecule has 1 aromatic carbocycles. The van der Waals surface area contributed by atoms with Crippen LogP contribution in [-0.4, -0.2) is 44.4 Å². The highest BCUT2D eigenvalue weighted by atomic mass is 19.4. The molecule has 4 aromatic rings. The van der Waals surface area contributed by atoms with Gasteiger partial charge in [0.05, 0.1) is 31.3 Å². The van der Waals surface area contributed by atoms with Gasteiger partial charge in [0, 0.05) is 43.9 Å². The van der Waals surface area contributed by atoms with Crippen LogP contribution in [0.3, 0.4) is 0 Å². The molecule has 0 spiro atoms. The number of benzene rings is 1. The summed E-state index contributed by atoms with van der Waals surface area (Å²) < 4.78 is 45.4. The molecule has 186 valence electrons. The Balaban J connectivity index is 1.33. The van der Waals surface area contributed by atoms with Gasteiger partial charge in [-0.3, -0.25) is 9.48 Å². The lowest BCUT2D eigenvalue weighted by Gasteiger charge is -2.09. The van der Waals surface area contributed by atoms with Crippen molar-refractivity contribution in [3.05, 3.63) is 89.9 Å². The van der Waals surface area contributed by atoms with E-state index in [1.54, 1.807) is 37.8 Å². The van der Waals surface area contributed by atoms with Gasteiger partial charge in [-0.15, -0.1) is 0 Å². The molecule has 0 fully saturated rings. The normalized spacial score (nSPS) is 11.4. The lowest BCUT2D eigenvalue weighted by atomic mass is 10.0. The monoisotopic (exact) mass is 496 g/mol. The predicted molar refractivity (Wildman–Crippen MR) is 126 cm³/mol. The smallest absolute Gasteiger partial charge is 0.383 e. The summed E-state index contributed by atoms with van der Waals surface area (Å²) in [4.78, 5) is 24.9. The third-order valence-corrected chi connectivity index (χ3v) is 5.29. The van der Waals surface area contributed by atoms with E-state index in [1.807, 2.05) is 23.0 Å². The van der Waals surface area contributed by atoms with Crippen LogP contribution in [-0.2, 0) is 35.1 Å². The van der Waals surface area contributed by atoms with Gasteiger partial charge in [-0.2, -0.15) is 18.3 Å². The second kappa shape index (κ2) is 11.1. The Kier molecular flexibility index (Phi) is 7.69. The van der Waals surface area contributed by atoms with E-state index in [1.165, 1.54) is 0 Å². The largest absolute Gasteiger partial charge is 0.416 e. The van der Waals surface area contributed by atoms with Gasteiger partial charge in [0.1, 0.15) is 11.6 Å². The molecule has 1 amide bonds. The zero-order valence-electron chi connectivity index (χ0n) is 19.4. The molecule has 0 saturated heterocycles. The molecule has 0 aliphatic rings. The molecule has 0 atom stereocenters. The summed E-state index contributed by atoms with van der Waals surface area (Å²) in [6, 6.07) is 8.88. The van der Waals surface area contributed by atoms with Crippen LogP contribution in [0.15, 0.2) is 67.4 Å². The Labute approximate surface area is 205 Å². The Hall–Kier alpha value is -4.12. The number of carbonyl (C=O) groups excluding carboxylic acids is 1. The highest BCUT2D eigenvalue weighted by Gasteiger charge is 2.30. The van der Waals surface area contributed by atoms with Gasteiger partial charge in [-0.05, 0) is 28.8 Å². The minimum Gasteiger partial charge on any atom is -0.383 e. The van der Waals surface area contributed by atoms with Gasteiger partial charge in [-0.25, -0.2) is 15.0 Å². The van der Waals surface area contributed by atoms with Crippen molar-refractivity contribution < 1.29 is 22.7 Å². The van der Waals surface area contributed by atoms with Gasteiger partial charge >= 0.3 is 6.18 Å². The fourth-order valence-corrected chi connectivity index (χ4v) is 3.45. The molecule has 36 heavy (non-hydrogen) atoms. The molecule has 0 unspecified atom stereocenters. The van der Waals surface area contributed by atoms with Crippen LogP contribution in [0.2, 0.25) is 0 Å². The Morgan fingerprint density at radius 2 is 1.75 bits per heavy atom. The maximum Gasteiger partial charge on any atom is 0.416 e. The topological polar surface area (TPSA) is 94.8 Å². The van der Waals surface area contributed by atoms with Gasteiger partial charge < -0.3 is 10.1 Å². The maximum absolute atomic E-state index is 12.8. The summed E-state index contributed by atoms with van der Waals surface area (Å²) in [5.41, 5.74) is 2.52. The van der Waals surface area contributed by atoms with Crippen molar-refractivity contribution in [1.82, 2.24) is 24.7 Å². The summed E-state index contributed by atoms with van der Waals surface area (Å²) in [6.07, 6.45) is 4.24. The van der Waals surface area contributed by atoms with Crippen LogP contribution in [0.25, 0.3) is 11.1 Å². The SMILES string of the molecule is COCCn1cc(Cc2ncc(-c3ccc(CC(=O)Nc4cc(C(F)(F)F)ccn4)cc3)cn2)cn1. The van der Waals surface area contributed by atoms with E-state index in [-0.39, 0.29) is 12.2 Å². The molecule has 4 rings (SSSR count). The van der Waals surface area contributed by atoms with Crippen LogP contribution in [0, 0.1) is 0 Å². The van der Waals surface area contributed by atoms with Crippen molar-refractivity contribution >= 4 is 11.7 Å². The van der Waals surface area contributed by atoms with Gasteiger partial charge in [0.2, 0.25) is 5.91 Å². The summed E-state index contributed by atoms with van der Waals surface area (Å²) >= 11 is 0. The second-order valence-electron chi connectivity index (χ2n) is 8.02. The molecule has 0 bridgehead atoms. The zero-order valence-corrected chi connectivity index (χ0v) is 19.4. The van der Waals surface area contributed by atoms with Gasteiger partial charge in [-0.1, -0.05) is 24.3 Å². The zero-order chi connectivity index (χ0) is 25.5. The molecule has 0 saturated carbocycles. The first-order valence-electron chi connectivity index (χ1n) is 11.0. The molecule has 8 nitrogen and oxygen atoms in total.